The second-order valence-electron chi connectivity index (χ2n) is 8.81. The Morgan fingerprint density at radius 2 is 1.62 bits per heavy atom. The van der Waals surface area contributed by atoms with E-state index in [4.69, 9.17) is 14.6 Å². The zero-order chi connectivity index (χ0) is 26.9. The van der Waals surface area contributed by atoms with Gasteiger partial charge >= 0.3 is 5.97 Å². The quantitative estimate of drug-likeness (QED) is 0.277. The molecular formula is C29H27NO7. The van der Waals surface area contributed by atoms with E-state index in [9.17, 15) is 19.5 Å². The van der Waals surface area contributed by atoms with Crippen LogP contribution in [0.1, 0.15) is 33.9 Å². The number of ketones is 1. The third-order valence-electron chi connectivity index (χ3n) is 6.33. The molecule has 8 nitrogen and oxygen atoms in total. The molecule has 0 radical (unpaired) electrons. The third kappa shape index (κ3) is 4.65. The number of Topliss-reactive ketones (excluding diaryl/α,β-unsaturated/α-hetero) is 1. The average molecular weight is 502 g/mol. The van der Waals surface area contributed by atoms with Crippen molar-refractivity contribution in [2.45, 2.75) is 26.3 Å². The lowest BCUT2D eigenvalue weighted by Crippen LogP contribution is -2.29. The van der Waals surface area contributed by atoms with Gasteiger partial charge in [-0.1, -0.05) is 36.4 Å². The maximum atomic E-state index is 13.5. The molecule has 1 atom stereocenters. The summed E-state index contributed by atoms with van der Waals surface area (Å²) < 4.78 is 11.1. The summed E-state index contributed by atoms with van der Waals surface area (Å²) in [7, 11) is 2.96. The molecule has 1 heterocycles. The molecule has 1 amide bonds. The third-order valence-corrected chi connectivity index (χ3v) is 6.33. The van der Waals surface area contributed by atoms with E-state index < -0.39 is 23.7 Å². The maximum Gasteiger partial charge on any atom is 0.307 e. The highest BCUT2D eigenvalue weighted by Crippen LogP contribution is 2.46. The van der Waals surface area contributed by atoms with Crippen molar-refractivity contribution in [3.63, 3.8) is 0 Å². The van der Waals surface area contributed by atoms with Crippen molar-refractivity contribution in [2.24, 2.45) is 0 Å². The fourth-order valence-corrected chi connectivity index (χ4v) is 4.78. The van der Waals surface area contributed by atoms with Crippen molar-refractivity contribution >= 4 is 29.1 Å². The molecule has 8 heteroatoms. The lowest BCUT2D eigenvalue weighted by molar-refractivity contribution is -0.136. The van der Waals surface area contributed by atoms with Crippen LogP contribution in [-0.4, -0.2) is 42.1 Å². The zero-order valence-electron chi connectivity index (χ0n) is 20.9. The maximum absolute atomic E-state index is 13.5. The molecule has 37 heavy (non-hydrogen) atoms. The van der Waals surface area contributed by atoms with Crippen molar-refractivity contribution in [1.82, 2.24) is 0 Å². The van der Waals surface area contributed by atoms with Crippen LogP contribution in [0.25, 0.3) is 5.76 Å². The van der Waals surface area contributed by atoms with Gasteiger partial charge in [0.05, 0.1) is 37.8 Å². The number of aliphatic hydroxyl groups excluding tert-OH is 1. The lowest BCUT2D eigenvalue weighted by atomic mass is 9.93. The number of carbonyl (C=O) groups is 3. The highest BCUT2D eigenvalue weighted by Gasteiger charge is 2.48. The number of methoxy groups -OCH3 is 2. The molecule has 3 aromatic carbocycles. The van der Waals surface area contributed by atoms with Gasteiger partial charge < -0.3 is 19.7 Å². The lowest BCUT2D eigenvalue weighted by Gasteiger charge is -2.27. The van der Waals surface area contributed by atoms with Crippen LogP contribution in [-0.2, 0) is 20.8 Å². The summed E-state index contributed by atoms with van der Waals surface area (Å²) in [5.74, 6) is -2.20. The van der Waals surface area contributed by atoms with E-state index in [0.717, 1.165) is 11.1 Å². The molecule has 3 aromatic rings. The van der Waals surface area contributed by atoms with Crippen LogP contribution in [0.5, 0.6) is 11.5 Å². The van der Waals surface area contributed by atoms with Crippen molar-refractivity contribution < 1.29 is 34.1 Å². The van der Waals surface area contributed by atoms with E-state index in [0.29, 0.717) is 33.9 Å². The van der Waals surface area contributed by atoms with E-state index in [-0.39, 0.29) is 17.8 Å². The van der Waals surface area contributed by atoms with E-state index in [1.165, 1.54) is 19.1 Å². The number of nitrogens with zero attached hydrogens (tertiary/aromatic N) is 1. The molecule has 2 N–H and O–H groups in total. The van der Waals surface area contributed by atoms with Crippen molar-refractivity contribution in [2.75, 3.05) is 19.1 Å². The summed E-state index contributed by atoms with van der Waals surface area (Å²) in [6, 6.07) is 15.9. The predicted molar refractivity (Wildman–Crippen MR) is 138 cm³/mol. The minimum Gasteiger partial charge on any atom is -0.507 e. The number of benzene rings is 3. The molecule has 190 valence electrons. The first-order valence-corrected chi connectivity index (χ1v) is 11.6. The number of ether oxygens (including phenoxy) is 2. The summed E-state index contributed by atoms with van der Waals surface area (Å²) in [4.78, 5) is 39.3. The predicted octanol–water partition coefficient (Wildman–Crippen LogP) is 4.57. The van der Waals surface area contributed by atoms with Gasteiger partial charge in [-0.15, -0.1) is 0 Å². The van der Waals surface area contributed by atoms with Crippen molar-refractivity contribution in [3.8, 4) is 11.5 Å². The first kappa shape index (κ1) is 25.5. The second-order valence-corrected chi connectivity index (χ2v) is 8.81. The van der Waals surface area contributed by atoms with Gasteiger partial charge in [0.25, 0.3) is 11.7 Å². The highest BCUT2D eigenvalue weighted by atomic mass is 16.5. The van der Waals surface area contributed by atoms with Crippen LogP contribution in [0.3, 0.4) is 0 Å². The number of rotatable bonds is 7. The molecule has 0 aromatic heterocycles. The van der Waals surface area contributed by atoms with Crippen LogP contribution in [0.4, 0.5) is 5.69 Å². The van der Waals surface area contributed by atoms with Crippen LogP contribution in [0.15, 0.2) is 66.2 Å². The number of hydrogen-bond donors (Lipinski definition) is 2. The molecule has 1 saturated heterocycles. The Morgan fingerprint density at radius 3 is 2.24 bits per heavy atom. The smallest absolute Gasteiger partial charge is 0.307 e. The molecule has 4 rings (SSSR count). The molecule has 1 unspecified atom stereocenters. The molecule has 0 spiro atoms. The van der Waals surface area contributed by atoms with Crippen molar-refractivity contribution in [1.29, 1.82) is 0 Å². The van der Waals surface area contributed by atoms with Crippen LogP contribution < -0.4 is 14.4 Å². The number of aryl methyl sites for hydroxylation is 2. The van der Waals surface area contributed by atoms with Crippen molar-refractivity contribution in [3.05, 3.63) is 94.1 Å². The fraction of sp³-hybridized carbons (Fsp3) is 0.207. The number of hydrogen-bond acceptors (Lipinski definition) is 6. The van der Waals surface area contributed by atoms with Gasteiger partial charge in [-0.05, 0) is 54.8 Å². The first-order chi connectivity index (χ1) is 17.7. The largest absolute Gasteiger partial charge is 0.507 e. The number of aliphatic hydroxyl groups is 1. The van der Waals surface area contributed by atoms with Gasteiger partial charge in [-0.25, -0.2) is 0 Å². The Balaban J connectivity index is 1.98. The number of anilines is 1. The fourth-order valence-electron chi connectivity index (χ4n) is 4.78. The topological polar surface area (TPSA) is 113 Å². The Morgan fingerprint density at radius 1 is 0.946 bits per heavy atom. The molecule has 1 aliphatic heterocycles. The van der Waals surface area contributed by atoms with Crippen LogP contribution in [0.2, 0.25) is 0 Å². The Hall–Kier alpha value is -4.59. The van der Waals surface area contributed by atoms with E-state index in [1.807, 2.05) is 19.9 Å². The SMILES string of the molecule is COc1ccccc1C1/C(=C(\O)c2cc(C)cc(C)c2OC)C(=O)C(=O)N1c1ccc(CC(=O)O)cc1. The molecule has 1 aliphatic rings. The van der Waals surface area contributed by atoms with Crippen LogP contribution in [0, 0.1) is 13.8 Å². The number of carboxylic acids is 1. The molecule has 0 bridgehead atoms. The van der Waals surface area contributed by atoms with E-state index >= 15 is 0 Å². The van der Waals surface area contributed by atoms with E-state index in [1.54, 1.807) is 54.6 Å². The number of aliphatic carboxylic acids is 1. The van der Waals surface area contributed by atoms with Gasteiger partial charge in [0.1, 0.15) is 17.3 Å². The molecule has 1 fully saturated rings. The summed E-state index contributed by atoms with van der Waals surface area (Å²) >= 11 is 0. The summed E-state index contributed by atoms with van der Waals surface area (Å²) in [6.07, 6.45) is -0.179. The summed E-state index contributed by atoms with van der Waals surface area (Å²) in [6.45, 7) is 3.69. The number of para-hydroxylation sites is 1. The van der Waals surface area contributed by atoms with Gasteiger partial charge in [-0.3, -0.25) is 19.3 Å². The van der Waals surface area contributed by atoms with Gasteiger partial charge in [-0.2, -0.15) is 0 Å². The monoisotopic (exact) mass is 501 g/mol. The normalized spacial score (nSPS) is 16.6. The average Bonchev–Trinajstić information content (AvgIpc) is 3.13. The molecular weight excluding hydrogens is 474 g/mol. The number of carboxylic acid groups (broad SMARTS) is 1. The zero-order valence-corrected chi connectivity index (χ0v) is 20.9. The van der Waals surface area contributed by atoms with Gasteiger partial charge in [0, 0.05) is 11.3 Å². The first-order valence-electron chi connectivity index (χ1n) is 11.6. The Bertz CT molecular complexity index is 1420. The van der Waals surface area contributed by atoms with Gasteiger partial charge in [0.2, 0.25) is 0 Å². The number of amides is 1. The van der Waals surface area contributed by atoms with Gasteiger partial charge in [0.15, 0.2) is 0 Å². The van der Waals surface area contributed by atoms with Crippen LogP contribution >= 0.6 is 0 Å². The Labute approximate surface area is 214 Å². The number of carbonyl (C=O) groups excluding carboxylic acids is 2. The molecule has 0 aliphatic carbocycles. The minimum absolute atomic E-state index is 0.104. The minimum atomic E-state index is -1.01. The molecule has 0 saturated carbocycles. The van der Waals surface area contributed by atoms with E-state index in [2.05, 4.69) is 0 Å². The Kier molecular flexibility index (Phi) is 7.02. The highest BCUT2D eigenvalue weighted by molar-refractivity contribution is 6.51. The summed E-state index contributed by atoms with van der Waals surface area (Å²) in [5, 5.41) is 20.7. The second kappa shape index (κ2) is 10.2. The standard InChI is InChI=1S/C29H27NO7/c1-16-13-17(2)28(37-4)21(14-16)26(33)24-25(20-7-5-6-8-22(20)36-3)30(29(35)27(24)34)19-11-9-18(10-12-19)15-23(31)32/h5-14,25,33H,15H2,1-4H3,(H,31,32)/b26-24+. The summed E-state index contributed by atoms with van der Waals surface area (Å²) in [5.41, 5.74) is 3.23.